The lowest BCUT2D eigenvalue weighted by Crippen LogP contribution is -2.43. The van der Waals surface area contributed by atoms with Crippen LogP contribution in [0.2, 0.25) is 0 Å². The van der Waals surface area contributed by atoms with Gasteiger partial charge in [0.15, 0.2) is 0 Å². The van der Waals surface area contributed by atoms with E-state index in [4.69, 9.17) is 14.2 Å². The molecule has 0 aliphatic carbocycles. The van der Waals surface area contributed by atoms with Crippen LogP contribution in [0.1, 0.15) is 0 Å². The predicted octanol–water partition coefficient (Wildman–Crippen LogP) is -1.78. The summed E-state index contributed by atoms with van der Waals surface area (Å²) < 4.78 is 16.1. The van der Waals surface area contributed by atoms with E-state index in [9.17, 15) is 0 Å². The molecule has 3 aliphatic rings. The van der Waals surface area contributed by atoms with Crippen molar-refractivity contribution in [1.29, 1.82) is 0 Å². The highest BCUT2D eigenvalue weighted by Gasteiger charge is 2.11. The largest absolute Gasteiger partial charge is 0.463 e. The van der Waals surface area contributed by atoms with Crippen LogP contribution in [0.15, 0.2) is 15.0 Å². The summed E-state index contributed by atoms with van der Waals surface area (Å²) in [4.78, 5) is 15.1. The lowest BCUT2D eigenvalue weighted by atomic mass is 10.4. The Balaban J connectivity index is 1.35. The number of aliphatic imine (C=N–C) groups is 3. The summed E-state index contributed by atoms with van der Waals surface area (Å²) >= 11 is 0. The molecule has 10 heteroatoms. The maximum atomic E-state index is 5.36. The Morgan fingerprint density at radius 1 is 0.640 bits per heavy atom. The van der Waals surface area contributed by atoms with Gasteiger partial charge in [-0.25, -0.2) is 15.0 Å². The molecular weight excluding hydrogens is 326 g/mol. The van der Waals surface area contributed by atoms with Crippen LogP contribution in [0, 0.1) is 0 Å². The van der Waals surface area contributed by atoms with Crippen molar-refractivity contribution in [3.63, 3.8) is 0 Å². The smallest absolute Gasteiger partial charge is 0.284 e. The van der Waals surface area contributed by atoms with Crippen LogP contribution in [0.4, 0.5) is 0 Å². The number of amidine groups is 3. The van der Waals surface area contributed by atoms with Crippen LogP contribution in [-0.2, 0) is 14.2 Å². The molecule has 0 atom stereocenters. The SMILES string of the molecule is C1COC(NCCN(CCNC2=NCCO2)CCNC2=NCCO2)=N1. The monoisotopic (exact) mass is 353 g/mol. The molecule has 0 saturated carbocycles. The number of hydrogen-bond acceptors (Lipinski definition) is 10. The Bertz CT molecular complexity index is 438. The fourth-order valence-electron chi connectivity index (χ4n) is 2.62. The standard InChI is InChI=1S/C15H27N7O3/c1(16-13-19-4-10-23-13)7-22(8-2-17-14-20-5-11-24-14)9-3-18-15-21-6-12-25-15/h1-12H2,(H,16,19)(H,17,20)(H,18,21). The number of nitrogens with one attached hydrogen (secondary N) is 3. The third kappa shape index (κ3) is 6.29. The summed E-state index contributed by atoms with van der Waals surface area (Å²) in [7, 11) is 0. The van der Waals surface area contributed by atoms with Gasteiger partial charge in [-0.15, -0.1) is 0 Å². The van der Waals surface area contributed by atoms with Crippen LogP contribution in [0.3, 0.4) is 0 Å². The van der Waals surface area contributed by atoms with Crippen molar-refractivity contribution in [2.45, 2.75) is 0 Å². The molecule has 0 spiro atoms. The number of hydrogen-bond donors (Lipinski definition) is 3. The second-order valence-electron chi connectivity index (χ2n) is 5.73. The van der Waals surface area contributed by atoms with Gasteiger partial charge in [0.05, 0.1) is 19.6 Å². The first-order valence-electron chi connectivity index (χ1n) is 8.86. The fraction of sp³-hybridized carbons (Fsp3) is 0.800. The van der Waals surface area contributed by atoms with Crippen molar-refractivity contribution in [2.75, 3.05) is 78.7 Å². The van der Waals surface area contributed by atoms with E-state index in [1.807, 2.05) is 0 Å². The molecular formula is C15H27N7O3. The molecule has 3 heterocycles. The van der Waals surface area contributed by atoms with Crippen molar-refractivity contribution in [1.82, 2.24) is 20.9 Å². The molecule has 0 unspecified atom stereocenters. The number of rotatable bonds is 9. The molecule has 0 aromatic heterocycles. The van der Waals surface area contributed by atoms with Gasteiger partial charge in [0.1, 0.15) is 19.8 Å². The quantitative estimate of drug-likeness (QED) is 0.450. The Hall–Kier alpha value is -2.23. The highest BCUT2D eigenvalue weighted by Crippen LogP contribution is 1.94. The van der Waals surface area contributed by atoms with E-state index >= 15 is 0 Å². The van der Waals surface area contributed by atoms with Crippen LogP contribution in [-0.4, -0.2) is 102 Å². The third-order valence-electron chi connectivity index (χ3n) is 3.87. The molecule has 0 bridgehead atoms. The molecule has 25 heavy (non-hydrogen) atoms. The van der Waals surface area contributed by atoms with Gasteiger partial charge in [0.25, 0.3) is 18.1 Å². The lowest BCUT2D eigenvalue weighted by Gasteiger charge is -2.23. The van der Waals surface area contributed by atoms with E-state index in [1.54, 1.807) is 0 Å². The van der Waals surface area contributed by atoms with Crippen molar-refractivity contribution in [2.24, 2.45) is 15.0 Å². The zero-order valence-corrected chi connectivity index (χ0v) is 14.5. The minimum atomic E-state index is 0.652. The molecule has 3 N–H and O–H groups in total. The molecule has 3 rings (SSSR count). The topological polar surface area (TPSA) is 104 Å². The first-order valence-corrected chi connectivity index (χ1v) is 8.86. The van der Waals surface area contributed by atoms with Gasteiger partial charge in [-0.2, -0.15) is 0 Å². The highest BCUT2D eigenvalue weighted by atomic mass is 16.5. The van der Waals surface area contributed by atoms with Crippen LogP contribution >= 0.6 is 0 Å². The maximum absolute atomic E-state index is 5.36. The average Bonchev–Trinajstić information content (AvgIpc) is 3.38. The summed E-state index contributed by atoms with van der Waals surface area (Å²) in [5, 5.41) is 9.67. The zero-order chi connectivity index (χ0) is 17.2. The molecule has 0 amide bonds. The van der Waals surface area contributed by atoms with E-state index < -0.39 is 0 Å². The van der Waals surface area contributed by atoms with Gasteiger partial charge >= 0.3 is 0 Å². The minimum absolute atomic E-state index is 0.652. The molecule has 0 fully saturated rings. The summed E-state index contributed by atoms with van der Waals surface area (Å²) in [6.07, 6.45) is 0. The molecule has 0 aromatic carbocycles. The number of ether oxygens (including phenoxy) is 3. The van der Waals surface area contributed by atoms with Crippen molar-refractivity contribution in [3.8, 4) is 0 Å². The van der Waals surface area contributed by atoms with Crippen molar-refractivity contribution < 1.29 is 14.2 Å². The summed E-state index contributed by atoms with van der Waals surface area (Å²) in [5.74, 6) is 0. The van der Waals surface area contributed by atoms with Gasteiger partial charge in [-0.3, -0.25) is 4.90 Å². The normalized spacial score (nSPS) is 18.8. The minimum Gasteiger partial charge on any atom is -0.463 e. The van der Waals surface area contributed by atoms with E-state index in [2.05, 4.69) is 35.8 Å². The van der Waals surface area contributed by atoms with E-state index in [1.165, 1.54) is 0 Å². The second-order valence-corrected chi connectivity index (χ2v) is 5.73. The molecule has 0 radical (unpaired) electrons. The summed E-state index contributed by atoms with van der Waals surface area (Å²) in [5.41, 5.74) is 0. The Morgan fingerprint density at radius 3 is 1.28 bits per heavy atom. The third-order valence-corrected chi connectivity index (χ3v) is 3.87. The van der Waals surface area contributed by atoms with Crippen LogP contribution in [0.5, 0.6) is 0 Å². The molecule has 10 nitrogen and oxygen atoms in total. The molecule has 140 valence electrons. The molecule has 0 saturated heterocycles. The Morgan fingerprint density at radius 2 is 1.00 bits per heavy atom. The zero-order valence-electron chi connectivity index (χ0n) is 14.5. The van der Waals surface area contributed by atoms with Crippen molar-refractivity contribution >= 4 is 18.1 Å². The summed E-state index contributed by atoms with van der Waals surface area (Å²) in [6.45, 7) is 9.23. The van der Waals surface area contributed by atoms with E-state index in [-0.39, 0.29) is 0 Å². The van der Waals surface area contributed by atoms with Gasteiger partial charge in [0.2, 0.25) is 0 Å². The van der Waals surface area contributed by atoms with Crippen molar-refractivity contribution in [3.05, 3.63) is 0 Å². The second kappa shape index (κ2) is 9.92. The van der Waals surface area contributed by atoms with Gasteiger partial charge in [-0.1, -0.05) is 0 Å². The lowest BCUT2D eigenvalue weighted by molar-refractivity contribution is 0.269. The Labute approximate surface area is 147 Å². The van der Waals surface area contributed by atoms with E-state index in [0.717, 1.165) is 58.9 Å². The number of nitrogens with zero attached hydrogens (tertiary/aromatic N) is 4. The predicted molar refractivity (Wildman–Crippen MR) is 95.2 cm³/mol. The average molecular weight is 353 g/mol. The fourth-order valence-corrected chi connectivity index (χ4v) is 2.62. The maximum Gasteiger partial charge on any atom is 0.284 e. The first kappa shape index (κ1) is 17.6. The molecule has 3 aliphatic heterocycles. The summed E-state index contributed by atoms with van der Waals surface area (Å²) in [6, 6.07) is 1.95. The Kier molecular flexibility index (Phi) is 6.98. The van der Waals surface area contributed by atoms with Gasteiger partial charge in [0, 0.05) is 39.3 Å². The molecule has 0 aromatic rings. The first-order chi connectivity index (χ1) is 12.4. The van der Waals surface area contributed by atoms with Crippen LogP contribution < -0.4 is 16.0 Å². The van der Waals surface area contributed by atoms with Gasteiger partial charge < -0.3 is 30.2 Å². The van der Waals surface area contributed by atoms with E-state index in [0.29, 0.717) is 37.9 Å². The van der Waals surface area contributed by atoms with Gasteiger partial charge in [-0.05, 0) is 0 Å². The highest BCUT2D eigenvalue weighted by molar-refractivity contribution is 5.75. The van der Waals surface area contributed by atoms with Crippen LogP contribution in [0.25, 0.3) is 0 Å².